The molecule has 0 radical (unpaired) electrons. The van der Waals surface area contributed by atoms with E-state index in [-0.39, 0.29) is 28.6 Å². The number of benzene rings is 1. The lowest BCUT2D eigenvalue weighted by molar-refractivity contribution is -0.149. The molecule has 1 aromatic carbocycles. The predicted octanol–water partition coefficient (Wildman–Crippen LogP) is 1.27. The Labute approximate surface area is 182 Å². The van der Waals surface area contributed by atoms with Gasteiger partial charge in [0.15, 0.2) is 11.5 Å². The molecule has 2 fully saturated rings. The molecule has 10 heteroatoms. The predicted molar refractivity (Wildman–Crippen MR) is 110 cm³/mol. The van der Waals surface area contributed by atoms with Gasteiger partial charge < -0.3 is 19.1 Å². The zero-order valence-corrected chi connectivity index (χ0v) is 18.4. The molecule has 3 aliphatic rings. The number of nitrogens with zero attached hydrogens (tertiary/aromatic N) is 2. The number of ether oxygens (including phenoxy) is 3. The maximum Gasteiger partial charge on any atom is 0.308 e. The lowest BCUT2D eigenvalue weighted by atomic mass is 9.92. The fraction of sp³-hybridized carbons (Fsp3) is 0.619. The summed E-state index contributed by atoms with van der Waals surface area (Å²) in [4.78, 5) is 26.5. The van der Waals surface area contributed by atoms with Gasteiger partial charge in [-0.15, -0.1) is 0 Å². The molecule has 31 heavy (non-hydrogen) atoms. The largest absolute Gasteiger partial charge is 0.486 e. The number of methoxy groups -OCH3 is 1. The van der Waals surface area contributed by atoms with Gasteiger partial charge in [-0.2, -0.15) is 4.31 Å². The lowest BCUT2D eigenvalue weighted by Crippen LogP contribution is -2.47. The molecule has 3 aliphatic heterocycles. The number of carbonyl (C=O) groups excluding carboxylic acids is 2. The summed E-state index contributed by atoms with van der Waals surface area (Å²) in [5.41, 5.74) is 0. The highest BCUT2D eigenvalue weighted by Crippen LogP contribution is 2.34. The number of hydrogen-bond donors (Lipinski definition) is 0. The van der Waals surface area contributed by atoms with E-state index in [1.54, 1.807) is 11.0 Å². The SMILES string of the molecule is COC(=O)C1CCN(C(=O)C2CCN(S(=O)(=O)c3ccc4c(c3)OCCO4)CC2)CC1. The fourth-order valence-electron chi connectivity index (χ4n) is 4.44. The van der Waals surface area contributed by atoms with Crippen molar-refractivity contribution < 1.29 is 32.2 Å². The van der Waals surface area contributed by atoms with E-state index >= 15 is 0 Å². The Hall–Kier alpha value is -2.33. The van der Waals surface area contributed by atoms with Gasteiger partial charge in [0, 0.05) is 38.2 Å². The van der Waals surface area contributed by atoms with E-state index in [0.29, 0.717) is 76.6 Å². The van der Waals surface area contributed by atoms with Gasteiger partial charge >= 0.3 is 5.97 Å². The molecular weight excluding hydrogens is 424 g/mol. The summed E-state index contributed by atoms with van der Waals surface area (Å²) in [6, 6.07) is 4.66. The highest BCUT2D eigenvalue weighted by atomic mass is 32.2. The van der Waals surface area contributed by atoms with Crippen molar-refractivity contribution in [1.82, 2.24) is 9.21 Å². The summed E-state index contributed by atoms with van der Waals surface area (Å²) in [7, 11) is -2.29. The minimum Gasteiger partial charge on any atom is -0.486 e. The molecule has 1 amide bonds. The number of amides is 1. The second kappa shape index (κ2) is 9.04. The molecule has 0 N–H and O–H groups in total. The zero-order valence-electron chi connectivity index (χ0n) is 17.6. The molecule has 0 atom stereocenters. The van der Waals surface area contributed by atoms with Crippen molar-refractivity contribution in [2.24, 2.45) is 11.8 Å². The van der Waals surface area contributed by atoms with E-state index in [9.17, 15) is 18.0 Å². The first-order valence-corrected chi connectivity index (χ1v) is 12.1. The number of carbonyl (C=O) groups is 2. The van der Waals surface area contributed by atoms with Crippen LogP contribution in [0.4, 0.5) is 0 Å². The van der Waals surface area contributed by atoms with Crippen LogP contribution in [0.2, 0.25) is 0 Å². The lowest BCUT2D eigenvalue weighted by Gasteiger charge is -2.36. The standard InChI is InChI=1S/C21H28N2O7S/c1-28-21(25)16-4-8-22(9-5-16)20(24)15-6-10-23(11-7-15)31(26,27)17-2-3-18-19(14-17)30-13-12-29-18/h2-3,14-16H,4-13H2,1H3. The fourth-order valence-corrected chi connectivity index (χ4v) is 5.92. The summed E-state index contributed by atoms with van der Waals surface area (Å²) in [5, 5.41) is 0. The Morgan fingerprint density at radius 3 is 2.19 bits per heavy atom. The summed E-state index contributed by atoms with van der Waals surface area (Å²) in [6.45, 7) is 2.50. The van der Waals surface area contributed by atoms with Crippen LogP contribution < -0.4 is 9.47 Å². The summed E-state index contributed by atoms with van der Waals surface area (Å²) < 4.78 is 43.3. The number of rotatable bonds is 4. The number of likely N-dealkylation sites (tertiary alicyclic amines) is 1. The van der Waals surface area contributed by atoms with Crippen molar-refractivity contribution in [2.75, 3.05) is 46.5 Å². The van der Waals surface area contributed by atoms with Crippen molar-refractivity contribution in [1.29, 1.82) is 0 Å². The maximum absolute atomic E-state index is 13.1. The number of esters is 1. The van der Waals surface area contributed by atoms with Crippen molar-refractivity contribution in [3.05, 3.63) is 18.2 Å². The van der Waals surface area contributed by atoms with Gasteiger partial charge in [-0.25, -0.2) is 8.42 Å². The molecule has 2 saturated heterocycles. The van der Waals surface area contributed by atoms with E-state index in [0.717, 1.165) is 0 Å². The monoisotopic (exact) mass is 452 g/mol. The Bertz CT molecular complexity index is 933. The number of fused-ring (bicyclic) bond motifs is 1. The van der Waals surface area contributed by atoms with Crippen molar-refractivity contribution in [3.63, 3.8) is 0 Å². The van der Waals surface area contributed by atoms with E-state index in [2.05, 4.69) is 0 Å². The van der Waals surface area contributed by atoms with Gasteiger partial charge in [0.2, 0.25) is 15.9 Å². The first kappa shape index (κ1) is 21.9. The topological polar surface area (TPSA) is 102 Å². The third-order valence-electron chi connectivity index (χ3n) is 6.30. The van der Waals surface area contributed by atoms with Gasteiger partial charge in [0.25, 0.3) is 0 Å². The third-order valence-corrected chi connectivity index (χ3v) is 8.19. The summed E-state index contributed by atoms with van der Waals surface area (Å²) in [6.07, 6.45) is 2.19. The van der Waals surface area contributed by atoms with Crippen LogP contribution in [0.15, 0.2) is 23.1 Å². The van der Waals surface area contributed by atoms with Crippen LogP contribution in [-0.4, -0.2) is 76.0 Å². The molecule has 0 aliphatic carbocycles. The van der Waals surface area contributed by atoms with Crippen LogP contribution in [-0.2, 0) is 24.3 Å². The van der Waals surface area contributed by atoms with Crippen LogP contribution in [0.25, 0.3) is 0 Å². The quantitative estimate of drug-likeness (QED) is 0.634. The zero-order chi connectivity index (χ0) is 22.0. The van der Waals surface area contributed by atoms with Crippen LogP contribution >= 0.6 is 0 Å². The molecule has 0 spiro atoms. The molecule has 0 bridgehead atoms. The molecule has 170 valence electrons. The van der Waals surface area contributed by atoms with Crippen LogP contribution in [0.5, 0.6) is 11.5 Å². The van der Waals surface area contributed by atoms with Gasteiger partial charge in [0.1, 0.15) is 13.2 Å². The van der Waals surface area contributed by atoms with Crippen LogP contribution in [0.3, 0.4) is 0 Å². The van der Waals surface area contributed by atoms with Crippen LogP contribution in [0.1, 0.15) is 25.7 Å². The number of piperidine rings is 2. The number of sulfonamides is 1. The van der Waals surface area contributed by atoms with Gasteiger partial charge in [-0.3, -0.25) is 9.59 Å². The van der Waals surface area contributed by atoms with Crippen molar-refractivity contribution in [3.8, 4) is 11.5 Å². The summed E-state index contributed by atoms with van der Waals surface area (Å²) >= 11 is 0. The highest BCUT2D eigenvalue weighted by Gasteiger charge is 2.36. The normalized spacial score (nSPS) is 21.0. The third kappa shape index (κ3) is 4.50. The highest BCUT2D eigenvalue weighted by molar-refractivity contribution is 7.89. The maximum atomic E-state index is 13.1. The smallest absolute Gasteiger partial charge is 0.308 e. The molecule has 0 saturated carbocycles. The van der Waals surface area contributed by atoms with Gasteiger partial charge in [-0.05, 0) is 37.8 Å². The van der Waals surface area contributed by atoms with E-state index < -0.39 is 10.0 Å². The average Bonchev–Trinajstić information content (AvgIpc) is 2.83. The molecule has 3 heterocycles. The van der Waals surface area contributed by atoms with E-state index in [4.69, 9.17) is 14.2 Å². The van der Waals surface area contributed by atoms with E-state index in [1.165, 1.54) is 23.5 Å². The second-order valence-corrected chi connectivity index (χ2v) is 10.0. The molecule has 0 unspecified atom stereocenters. The van der Waals surface area contributed by atoms with Crippen molar-refractivity contribution >= 4 is 21.9 Å². The van der Waals surface area contributed by atoms with Crippen molar-refractivity contribution in [2.45, 2.75) is 30.6 Å². The first-order valence-electron chi connectivity index (χ1n) is 10.7. The molecule has 1 aromatic rings. The van der Waals surface area contributed by atoms with Gasteiger partial charge in [0.05, 0.1) is 17.9 Å². The average molecular weight is 453 g/mol. The Balaban J connectivity index is 1.34. The molecule has 4 rings (SSSR count). The van der Waals surface area contributed by atoms with Crippen LogP contribution in [0, 0.1) is 11.8 Å². The van der Waals surface area contributed by atoms with E-state index in [1.807, 2.05) is 0 Å². The Morgan fingerprint density at radius 1 is 0.935 bits per heavy atom. The molecular formula is C21H28N2O7S. The minimum atomic E-state index is -3.67. The van der Waals surface area contributed by atoms with Gasteiger partial charge in [-0.1, -0.05) is 0 Å². The Kier molecular flexibility index (Phi) is 6.38. The minimum absolute atomic E-state index is 0.0553. The molecule has 9 nitrogen and oxygen atoms in total. The second-order valence-electron chi connectivity index (χ2n) is 8.11. The number of hydrogen-bond acceptors (Lipinski definition) is 7. The molecule has 0 aromatic heterocycles. The summed E-state index contributed by atoms with van der Waals surface area (Å²) in [5.74, 6) is 0.482. The first-order chi connectivity index (χ1) is 14.9. The Morgan fingerprint density at radius 2 is 1.55 bits per heavy atom.